The van der Waals surface area contributed by atoms with Gasteiger partial charge in [0.25, 0.3) is 10.0 Å². The van der Waals surface area contributed by atoms with Crippen LogP contribution in [0.5, 0.6) is 0 Å². The van der Waals surface area contributed by atoms with Gasteiger partial charge < -0.3 is 5.32 Å². The number of nitrogens with zero attached hydrogens (tertiary/aromatic N) is 1. The molecule has 0 radical (unpaired) electrons. The summed E-state index contributed by atoms with van der Waals surface area (Å²) in [5.41, 5.74) is 0. The quantitative estimate of drug-likeness (QED) is 0.798. The Morgan fingerprint density at radius 1 is 1.43 bits per heavy atom. The number of halogens is 1. The summed E-state index contributed by atoms with van der Waals surface area (Å²) in [4.78, 5) is 5.31. The number of anilines is 1. The molecule has 1 saturated carbocycles. The van der Waals surface area contributed by atoms with Gasteiger partial charge in [-0.25, -0.2) is 13.4 Å². The first-order valence-corrected chi connectivity index (χ1v) is 9.64. The van der Waals surface area contributed by atoms with E-state index in [9.17, 15) is 8.42 Å². The molecule has 8 heteroatoms. The summed E-state index contributed by atoms with van der Waals surface area (Å²) in [6.07, 6.45) is 3.97. The average Bonchev–Trinajstić information content (AvgIpc) is 3.15. The predicted molar refractivity (Wildman–Crippen MR) is 86.9 cm³/mol. The second-order valence-corrected chi connectivity index (χ2v) is 8.38. The molecule has 0 amide bonds. The Hall–Kier alpha value is -0.960. The number of thiophene rings is 1. The van der Waals surface area contributed by atoms with Crippen LogP contribution in [0.1, 0.15) is 17.7 Å². The normalized spacial score (nSPS) is 15.1. The molecule has 0 saturated heterocycles. The van der Waals surface area contributed by atoms with Gasteiger partial charge in [-0.1, -0.05) is 0 Å². The molecule has 1 fully saturated rings. The Morgan fingerprint density at radius 2 is 2.24 bits per heavy atom. The van der Waals surface area contributed by atoms with E-state index in [1.54, 1.807) is 29.8 Å². The maximum Gasteiger partial charge on any atom is 0.263 e. The maximum atomic E-state index is 12.3. The Kier molecular flexibility index (Phi) is 4.30. The molecular formula is C13H14BrN3O2S2. The molecule has 112 valence electrons. The zero-order valence-electron chi connectivity index (χ0n) is 11.0. The van der Waals surface area contributed by atoms with Gasteiger partial charge in [-0.05, 0) is 47.0 Å². The molecule has 5 nitrogen and oxygen atoms in total. The summed E-state index contributed by atoms with van der Waals surface area (Å²) in [6, 6.07) is 5.78. The molecule has 21 heavy (non-hydrogen) atoms. The third-order valence-electron chi connectivity index (χ3n) is 3.07. The first-order chi connectivity index (χ1) is 10.0. The molecule has 1 aliphatic carbocycles. The number of nitrogens with one attached hydrogen (secondary N) is 2. The minimum absolute atomic E-state index is 0.276. The fourth-order valence-corrected chi connectivity index (χ4v) is 4.51. The van der Waals surface area contributed by atoms with Gasteiger partial charge >= 0.3 is 0 Å². The molecule has 2 heterocycles. The molecule has 0 spiro atoms. The summed E-state index contributed by atoms with van der Waals surface area (Å²) >= 11 is 4.72. The van der Waals surface area contributed by atoms with E-state index in [0.29, 0.717) is 16.3 Å². The van der Waals surface area contributed by atoms with Crippen molar-refractivity contribution in [1.82, 2.24) is 10.3 Å². The van der Waals surface area contributed by atoms with Gasteiger partial charge in [-0.15, -0.1) is 11.3 Å². The Balaban J connectivity index is 1.73. The Labute approximate surface area is 136 Å². The van der Waals surface area contributed by atoms with Crippen molar-refractivity contribution in [2.75, 3.05) is 4.72 Å². The third-order valence-corrected chi connectivity index (χ3v) is 6.12. The highest BCUT2D eigenvalue weighted by atomic mass is 79.9. The topological polar surface area (TPSA) is 71.1 Å². The smallest absolute Gasteiger partial charge is 0.263 e. The van der Waals surface area contributed by atoms with Crippen LogP contribution >= 0.6 is 27.3 Å². The summed E-state index contributed by atoms with van der Waals surface area (Å²) in [5.74, 6) is 0.293. The first-order valence-electron chi connectivity index (χ1n) is 6.49. The summed E-state index contributed by atoms with van der Waals surface area (Å²) < 4.78 is 27.8. The van der Waals surface area contributed by atoms with E-state index in [4.69, 9.17) is 0 Å². The van der Waals surface area contributed by atoms with Crippen LogP contribution in [0, 0.1) is 0 Å². The Bertz CT molecular complexity index is 741. The lowest BCUT2D eigenvalue weighted by Gasteiger charge is -2.06. The summed E-state index contributed by atoms with van der Waals surface area (Å²) in [5, 5.41) is 5.03. The van der Waals surface area contributed by atoms with E-state index in [0.717, 1.165) is 11.4 Å². The molecular weight excluding hydrogens is 374 g/mol. The second kappa shape index (κ2) is 6.04. The molecule has 2 aromatic rings. The summed E-state index contributed by atoms with van der Waals surface area (Å²) in [6.45, 7) is 0.720. The highest BCUT2D eigenvalue weighted by Crippen LogP contribution is 2.26. The van der Waals surface area contributed by atoms with E-state index in [1.165, 1.54) is 24.2 Å². The molecule has 2 N–H and O–H groups in total. The predicted octanol–water partition coefficient (Wildman–Crippen LogP) is 2.96. The number of hydrogen-bond acceptors (Lipinski definition) is 5. The van der Waals surface area contributed by atoms with E-state index in [-0.39, 0.29) is 4.90 Å². The zero-order chi connectivity index (χ0) is 14.9. The van der Waals surface area contributed by atoms with E-state index in [1.807, 2.05) is 0 Å². The average molecular weight is 388 g/mol. The van der Waals surface area contributed by atoms with Crippen LogP contribution in [0.15, 0.2) is 39.1 Å². The molecule has 0 atom stereocenters. The zero-order valence-corrected chi connectivity index (χ0v) is 14.3. The lowest BCUT2D eigenvalue weighted by atomic mass is 10.4. The van der Waals surface area contributed by atoms with Gasteiger partial charge in [0.05, 0.1) is 9.37 Å². The lowest BCUT2D eigenvalue weighted by molar-refractivity contribution is 0.601. The number of rotatable bonds is 6. The van der Waals surface area contributed by atoms with Crippen LogP contribution in [0.25, 0.3) is 0 Å². The van der Waals surface area contributed by atoms with E-state index < -0.39 is 10.0 Å². The minimum Gasteiger partial charge on any atom is -0.309 e. The standard InChI is InChI=1S/C13H14BrN3O2S2/c14-12-2-1-5-15-13(12)17-21(18,19)11-6-10(20-8-11)7-16-9-3-4-9/h1-2,5-6,8-9,16H,3-4,7H2,(H,15,17). The van der Waals surface area contributed by atoms with Crippen molar-refractivity contribution in [2.24, 2.45) is 0 Å². The van der Waals surface area contributed by atoms with Gasteiger partial charge in [0.15, 0.2) is 5.82 Å². The van der Waals surface area contributed by atoms with Gasteiger partial charge in [-0.3, -0.25) is 4.72 Å². The molecule has 0 unspecified atom stereocenters. The van der Waals surface area contributed by atoms with E-state index in [2.05, 4.69) is 31.0 Å². The van der Waals surface area contributed by atoms with Gasteiger partial charge in [0, 0.05) is 29.0 Å². The van der Waals surface area contributed by atoms with Crippen LogP contribution in [0.2, 0.25) is 0 Å². The van der Waals surface area contributed by atoms with Crippen molar-refractivity contribution in [2.45, 2.75) is 30.3 Å². The number of pyridine rings is 1. The second-order valence-electron chi connectivity index (χ2n) is 4.84. The van der Waals surface area contributed by atoms with Crippen LogP contribution in [-0.2, 0) is 16.6 Å². The van der Waals surface area contributed by atoms with Crippen molar-refractivity contribution >= 4 is 43.1 Å². The van der Waals surface area contributed by atoms with Gasteiger partial charge in [-0.2, -0.15) is 0 Å². The van der Waals surface area contributed by atoms with E-state index >= 15 is 0 Å². The highest BCUT2D eigenvalue weighted by Gasteiger charge is 2.22. The monoisotopic (exact) mass is 387 g/mol. The fraction of sp³-hybridized carbons (Fsp3) is 0.308. The molecule has 2 aromatic heterocycles. The van der Waals surface area contributed by atoms with Crippen LogP contribution in [-0.4, -0.2) is 19.4 Å². The number of hydrogen-bond donors (Lipinski definition) is 2. The Morgan fingerprint density at radius 3 is 2.95 bits per heavy atom. The van der Waals surface area contributed by atoms with Crippen LogP contribution in [0.4, 0.5) is 5.82 Å². The van der Waals surface area contributed by atoms with Crippen molar-refractivity contribution in [1.29, 1.82) is 0 Å². The van der Waals surface area contributed by atoms with Crippen molar-refractivity contribution in [3.63, 3.8) is 0 Å². The van der Waals surface area contributed by atoms with Gasteiger partial charge in [0.1, 0.15) is 0 Å². The molecule has 0 bridgehead atoms. The van der Waals surface area contributed by atoms with Crippen LogP contribution < -0.4 is 10.0 Å². The van der Waals surface area contributed by atoms with Gasteiger partial charge in [0.2, 0.25) is 0 Å². The highest BCUT2D eigenvalue weighted by molar-refractivity contribution is 9.10. The SMILES string of the molecule is O=S(=O)(Nc1ncccc1Br)c1csc(CNC2CC2)c1. The van der Waals surface area contributed by atoms with Crippen LogP contribution in [0.3, 0.4) is 0 Å². The van der Waals surface area contributed by atoms with Crippen molar-refractivity contribution in [3.05, 3.63) is 39.1 Å². The molecule has 3 rings (SSSR count). The van der Waals surface area contributed by atoms with Crippen molar-refractivity contribution < 1.29 is 8.42 Å². The molecule has 1 aliphatic rings. The maximum absolute atomic E-state index is 12.3. The molecule has 0 aliphatic heterocycles. The molecule has 0 aromatic carbocycles. The third kappa shape index (κ3) is 3.82. The minimum atomic E-state index is -3.60. The first kappa shape index (κ1) is 15.0. The van der Waals surface area contributed by atoms with Crippen molar-refractivity contribution in [3.8, 4) is 0 Å². The lowest BCUT2D eigenvalue weighted by Crippen LogP contribution is -2.15. The fourth-order valence-electron chi connectivity index (χ4n) is 1.77. The number of aromatic nitrogens is 1. The largest absolute Gasteiger partial charge is 0.309 e. The number of sulfonamides is 1. The summed E-state index contributed by atoms with van der Waals surface area (Å²) in [7, 11) is -3.60.